The van der Waals surface area contributed by atoms with Gasteiger partial charge in [0, 0.05) is 24.3 Å². The van der Waals surface area contributed by atoms with Gasteiger partial charge in [-0.1, -0.05) is 6.92 Å². The molecule has 1 aromatic heterocycles. The predicted octanol–water partition coefficient (Wildman–Crippen LogP) is 0.617. The number of hydrogen-bond donors (Lipinski definition) is 2. The molecule has 1 aliphatic heterocycles. The normalized spacial score (nSPS) is 19.3. The van der Waals surface area contributed by atoms with Gasteiger partial charge >= 0.3 is 5.97 Å². The molecule has 0 bridgehead atoms. The Morgan fingerprint density at radius 1 is 1.50 bits per heavy atom. The second-order valence-electron chi connectivity index (χ2n) is 4.48. The number of carboxylic acid groups (broad SMARTS) is 1. The van der Waals surface area contributed by atoms with Crippen molar-refractivity contribution in [3.8, 4) is 0 Å². The summed E-state index contributed by atoms with van der Waals surface area (Å²) in [6.07, 6.45) is 0.879. The van der Waals surface area contributed by atoms with Crippen LogP contribution in [0.3, 0.4) is 0 Å². The molecule has 0 saturated carbocycles. The Bertz CT molecular complexity index is 476. The van der Waals surface area contributed by atoms with Crippen molar-refractivity contribution in [2.24, 2.45) is 0 Å². The Morgan fingerprint density at radius 3 is 2.72 bits per heavy atom. The minimum atomic E-state index is -1.03. The second kappa shape index (κ2) is 4.89. The SMILES string of the molecule is CCc1c(C)nc(N2CCC(O)C2)nc1C(=O)O. The van der Waals surface area contributed by atoms with E-state index in [0.717, 1.165) is 0 Å². The van der Waals surface area contributed by atoms with Crippen LogP contribution in [0.15, 0.2) is 0 Å². The lowest BCUT2D eigenvalue weighted by molar-refractivity contribution is 0.0689. The highest BCUT2D eigenvalue weighted by Gasteiger charge is 2.25. The molecule has 0 amide bonds. The molecule has 2 N–H and O–H groups in total. The van der Waals surface area contributed by atoms with Crippen LogP contribution in [-0.2, 0) is 6.42 Å². The highest BCUT2D eigenvalue weighted by molar-refractivity contribution is 5.87. The molecule has 0 spiro atoms. The molecule has 18 heavy (non-hydrogen) atoms. The number of aryl methyl sites for hydroxylation is 1. The van der Waals surface area contributed by atoms with E-state index in [1.54, 1.807) is 6.92 Å². The van der Waals surface area contributed by atoms with Gasteiger partial charge in [-0.2, -0.15) is 0 Å². The summed E-state index contributed by atoms with van der Waals surface area (Å²) in [5.74, 6) is -0.628. The van der Waals surface area contributed by atoms with Crippen molar-refractivity contribution in [3.05, 3.63) is 17.0 Å². The van der Waals surface area contributed by atoms with Crippen molar-refractivity contribution in [2.75, 3.05) is 18.0 Å². The highest BCUT2D eigenvalue weighted by Crippen LogP contribution is 2.20. The van der Waals surface area contributed by atoms with E-state index in [2.05, 4.69) is 9.97 Å². The Kier molecular flexibility index (Phi) is 3.47. The number of aliphatic hydroxyl groups excluding tert-OH is 1. The average molecular weight is 251 g/mol. The fraction of sp³-hybridized carbons (Fsp3) is 0.583. The number of β-amino-alcohol motifs (C(OH)–C–C–N with tert-alkyl or cyclic N) is 1. The topological polar surface area (TPSA) is 86.5 Å². The summed E-state index contributed by atoms with van der Waals surface area (Å²) >= 11 is 0. The van der Waals surface area contributed by atoms with Gasteiger partial charge in [-0.3, -0.25) is 0 Å². The fourth-order valence-electron chi connectivity index (χ4n) is 2.25. The summed E-state index contributed by atoms with van der Waals surface area (Å²) in [4.78, 5) is 21.5. The Labute approximate surface area is 105 Å². The molecule has 1 aliphatic rings. The molecule has 6 heteroatoms. The molecular weight excluding hydrogens is 234 g/mol. The van der Waals surface area contributed by atoms with Crippen LogP contribution in [0.4, 0.5) is 5.95 Å². The molecule has 2 rings (SSSR count). The highest BCUT2D eigenvalue weighted by atomic mass is 16.4. The zero-order valence-corrected chi connectivity index (χ0v) is 10.6. The monoisotopic (exact) mass is 251 g/mol. The third kappa shape index (κ3) is 2.28. The second-order valence-corrected chi connectivity index (χ2v) is 4.48. The van der Waals surface area contributed by atoms with Gasteiger partial charge in [-0.25, -0.2) is 14.8 Å². The molecule has 1 fully saturated rings. The van der Waals surface area contributed by atoms with Gasteiger partial charge in [-0.15, -0.1) is 0 Å². The summed E-state index contributed by atoms with van der Waals surface area (Å²) < 4.78 is 0. The van der Waals surface area contributed by atoms with E-state index < -0.39 is 5.97 Å². The van der Waals surface area contributed by atoms with Gasteiger partial charge in [-0.05, 0) is 19.8 Å². The zero-order chi connectivity index (χ0) is 13.3. The van der Waals surface area contributed by atoms with Crippen LogP contribution in [-0.4, -0.2) is 45.3 Å². The molecule has 1 atom stereocenters. The summed E-state index contributed by atoms with van der Waals surface area (Å²) in [6, 6.07) is 0. The molecule has 0 aromatic carbocycles. The van der Waals surface area contributed by atoms with E-state index in [9.17, 15) is 15.0 Å². The van der Waals surface area contributed by atoms with Crippen LogP contribution >= 0.6 is 0 Å². The molecule has 1 saturated heterocycles. The molecule has 98 valence electrons. The molecule has 2 heterocycles. The lowest BCUT2D eigenvalue weighted by Crippen LogP contribution is -2.25. The van der Waals surface area contributed by atoms with Gasteiger partial charge in [0.2, 0.25) is 5.95 Å². The summed E-state index contributed by atoms with van der Waals surface area (Å²) in [7, 11) is 0. The summed E-state index contributed by atoms with van der Waals surface area (Å²) in [5, 5.41) is 18.7. The lowest BCUT2D eigenvalue weighted by Gasteiger charge is -2.17. The van der Waals surface area contributed by atoms with E-state index in [1.807, 2.05) is 11.8 Å². The summed E-state index contributed by atoms with van der Waals surface area (Å²) in [5.41, 5.74) is 1.44. The average Bonchev–Trinajstić information content (AvgIpc) is 2.74. The van der Waals surface area contributed by atoms with E-state index in [-0.39, 0.29) is 11.8 Å². The van der Waals surface area contributed by atoms with Crippen LogP contribution in [0.2, 0.25) is 0 Å². The standard InChI is InChI=1S/C12H17N3O3/c1-3-9-7(2)13-12(14-10(9)11(17)18)15-5-4-8(16)6-15/h8,16H,3-6H2,1-2H3,(H,17,18). The van der Waals surface area contributed by atoms with E-state index >= 15 is 0 Å². The van der Waals surface area contributed by atoms with Gasteiger partial charge in [0.1, 0.15) is 0 Å². The summed E-state index contributed by atoms with van der Waals surface area (Å²) in [6.45, 7) is 4.80. The molecule has 0 aliphatic carbocycles. The van der Waals surface area contributed by atoms with Gasteiger partial charge in [0.25, 0.3) is 0 Å². The number of anilines is 1. The number of carboxylic acids is 1. The van der Waals surface area contributed by atoms with Crippen molar-refractivity contribution < 1.29 is 15.0 Å². The first kappa shape index (κ1) is 12.8. The number of rotatable bonds is 3. The smallest absolute Gasteiger partial charge is 0.354 e. The Morgan fingerprint density at radius 2 is 2.22 bits per heavy atom. The number of hydrogen-bond acceptors (Lipinski definition) is 5. The van der Waals surface area contributed by atoms with Crippen LogP contribution < -0.4 is 4.90 Å². The molecule has 1 aromatic rings. The number of nitrogens with zero attached hydrogens (tertiary/aromatic N) is 3. The maximum absolute atomic E-state index is 11.2. The Balaban J connectivity index is 2.41. The molecular formula is C12H17N3O3. The largest absolute Gasteiger partial charge is 0.476 e. The zero-order valence-electron chi connectivity index (χ0n) is 10.6. The number of aliphatic hydroxyl groups is 1. The maximum atomic E-state index is 11.2. The minimum absolute atomic E-state index is 0.0707. The third-order valence-electron chi connectivity index (χ3n) is 3.20. The Hall–Kier alpha value is -1.69. The van der Waals surface area contributed by atoms with Crippen molar-refractivity contribution >= 4 is 11.9 Å². The molecule has 6 nitrogen and oxygen atoms in total. The number of aromatic carboxylic acids is 1. The van der Waals surface area contributed by atoms with Crippen molar-refractivity contribution in [2.45, 2.75) is 32.8 Å². The lowest BCUT2D eigenvalue weighted by atomic mass is 10.1. The van der Waals surface area contributed by atoms with Gasteiger partial charge in [0.05, 0.1) is 6.10 Å². The van der Waals surface area contributed by atoms with Gasteiger partial charge < -0.3 is 15.1 Å². The molecule has 1 unspecified atom stereocenters. The number of aromatic nitrogens is 2. The maximum Gasteiger partial charge on any atom is 0.354 e. The van der Waals surface area contributed by atoms with E-state index in [4.69, 9.17) is 0 Å². The van der Waals surface area contributed by atoms with Crippen LogP contribution in [0.1, 0.15) is 35.1 Å². The first-order valence-corrected chi connectivity index (χ1v) is 6.06. The van der Waals surface area contributed by atoms with Crippen LogP contribution in [0.25, 0.3) is 0 Å². The first-order valence-electron chi connectivity index (χ1n) is 6.06. The first-order chi connectivity index (χ1) is 8.52. The van der Waals surface area contributed by atoms with Gasteiger partial charge in [0.15, 0.2) is 5.69 Å². The van der Waals surface area contributed by atoms with E-state index in [0.29, 0.717) is 43.1 Å². The number of carbonyl (C=O) groups is 1. The minimum Gasteiger partial charge on any atom is -0.476 e. The van der Waals surface area contributed by atoms with Crippen molar-refractivity contribution in [1.82, 2.24) is 9.97 Å². The van der Waals surface area contributed by atoms with Crippen molar-refractivity contribution in [3.63, 3.8) is 0 Å². The van der Waals surface area contributed by atoms with E-state index in [1.165, 1.54) is 0 Å². The fourth-order valence-corrected chi connectivity index (χ4v) is 2.25. The quantitative estimate of drug-likeness (QED) is 0.818. The third-order valence-corrected chi connectivity index (χ3v) is 3.20. The molecule has 0 radical (unpaired) electrons. The van der Waals surface area contributed by atoms with Crippen LogP contribution in [0, 0.1) is 6.92 Å². The van der Waals surface area contributed by atoms with Crippen LogP contribution in [0.5, 0.6) is 0 Å². The van der Waals surface area contributed by atoms with Crippen molar-refractivity contribution in [1.29, 1.82) is 0 Å². The predicted molar refractivity (Wildman–Crippen MR) is 65.9 cm³/mol.